The maximum absolute atomic E-state index is 12.6. The van der Waals surface area contributed by atoms with Crippen LogP contribution in [0.5, 0.6) is 11.5 Å². The first kappa shape index (κ1) is 22.9. The zero-order valence-corrected chi connectivity index (χ0v) is 20.3. The van der Waals surface area contributed by atoms with Gasteiger partial charge in [-0.05, 0) is 84.7 Å². The van der Waals surface area contributed by atoms with Crippen molar-refractivity contribution < 1.29 is 18.7 Å². The molecule has 1 atom stereocenters. The fourth-order valence-electron chi connectivity index (χ4n) is 3.83. The molecule has 0 saturated heterocycles. The second kappa shape index (κ2) is 9.76. The molecule has 7 nitrogen and oxygen atoms in total. The quantitative estimate of drug-likeness (QED) is 0.339. The van der Waals surface area contributed by atoms with Gasteiger partial charge in [-0.3, -0.25) is 10.1 Å². The van der Waals surface area contributed by atoms with Gasteiger partial charge in [0.05, 0.1) is 0 Å². The van der Waals surface area contributed by atoms with Crippen LogP contribution in [-0.4, -0.2) is 29.2 Å². The summed E-state index contributed by atoms with van der Waals surface area (Å²) in [6.45, 7) is 5.33. The van der Waals surface area contributed by atoms with Crippen molar-refractivity contribution in [2.75, 3.05) is 18.5 Å². The minimum atomic E-state index is -0.334. The minimum absolute atomic E-state index is 0.192. The Morgan fingerprint density at radius 1 is 1.03 bits per heavy atom. The van der Waals surface area contributed by atoms with E-state index in [1.54, 1.807) is 18.2 Å². The van der Waals surface area contributed by atoms with Crippen LogP contribution in [0.4, 0.5) is 5.69 Å². The number of thiocarbonyl (C=S) groups is 1. The topological polar surface area (TPSA) is 85.6 Å². The number of hydrogen-bond donors (Lipinski definition) is 2. The van der Waals surface area contributed by atoms with Crippen molar-refractivity contribution in [3.05, 3.63) is 71.8 Å². The number of amides is 1. The van der Waals surface area contributed by atoms with Gasteiger partial charge in [0.2, 0.25) is 5.89 Å². The van der Waals surface area contributed by atoms with E-state index < -0.39 is 0 Å². The van der Waals surface area contributed by atoms with E-state index in [0.29, 0.717) is 42.1 Å². The van der Waals surface area contributed by atoms with E-state index in [4.69, 9.17) is 26.1 Å². The summed E-state index contributed by atoms with van der Waals surface area (Å²) in [5.41, 5.74) is 4.88. The highest BCUT2D eigenvalue weighted by molar-refractivity contribution is 7.80. The third-order valence-electron chi connectivity index (χ3n) is 6.01. The van der Waals surface area contributed by atoms with Gasteiger partial charge in [-0.2, -0.15) is 0 Å². The fourth-order valence-corrected chi connectivity index (χ4v) is 4.04. The van der Waals surface area contributed by atoms with Gasteiger partial charge in [0, 0.05) is 16.8 Å². The normalized spacial score (nSPS) is 13.3. The maximum atomic E-state index is 12.6. The molecule has 1 aromatic heterocycles. The molecule has 0 radical (unpaired) electrons. The van der Waals surface area contributed by atoms with Crippen LogP contribution in [0.15, 0.2) is 65.1 Å². The van der Waals surface area contributed by atoms with E-state index >= 15 is 0 Å². The Kier molecular flexibility index (Phi) is 6.37. The fraction of sp³-hybridized carbons (Fsp3) is 0.222. The summed E-state index contributed by atoms with van der Waals surface area (Å²) in [5.74, 6) is 1.88. The molecule has 0 unspecified atom stereocenters. The highest BCUT2D eigenvalue weighted by Crippen LogP contribution is 2.31. The van der Waals surface area contributed by atoms with E-state index in [9.17, 15) is 4.79 Å². The number of anilines is 1. The average Bonchev–Trinajstić information content (AvgIpc) is 3.31. The average molecular weight is 488 g/mol. The molecule has 8 heteroatoms. The molecule has 0 bridgehead atoms. The molecule has 2 heterocycles. The summed E-state index contributed by atoms with van der Waals surface area (Å²) in [6.07, 6.45) is 1.07. The molecule has 35 heavy (non-hydrogen) atoms. The molecule has 5 rings (SSSR count). The number of carbonyl (C=O) groups is 1. The summed E-state index contributed by atoms with van der Waals surface area (Å²) in [4.78, 5) is 17.3. The van der Waals surface area contributed by atoms with Gasteiger partial charge in [-0.15, -0.1) is 0 Å². The van der Waals surface area contributed by atoms with Gasteiger partial charge in [0.25, 0.3) is 5.91 Å². The second-order valence-corrected chi connectivity index (χ2v) is 8.81. The Bertz CT molecular complexity index is 1400. The van der Waals surface area contributed by atoms with Crippen molar-refractivity contribution in [1.82, 2.24) is 10.3 Å². The largest absolute Gasteiger partial charge is 0.486 e. The second-order valence-electron chi connectivity index (χ2n) is 8.40. The van der Waals surface area contributed by atoms with Gasteiger partial charge in [-0.1, -0.05) is 19.9 Å². The molecule has 4 aromatic rings. The van der Waals surface area contributed by atoms with Gasteiger partial charge in [0.1, 0.15) is 18.7 Å². The summed E-state index contributed by atoms with van der Waals surface area (Å²) in [7, 11) is 0. The van der Waals surface area contributed by atoms with Crippen molar-refractivity contribution >= 4 is 40.0 Å². The molecule has 3 aromatic carbocycles. The molecule has 1 aliphatic rings. The maximum Gasteiger partial charge on any atom is 0.257 e. The SMILES string of the molecule is CC[C@H](C)c1ccc2oc(-c3ccc(NC(=S)NC(=O)c4ccc5c(c4)OCCO5)cc3)nc2c1. The number of ether oxygens (including phenoxy) is 2. The summed E-state index contributed by atoms with van der Waals surface area (Å²) in [6, 6.07) is 18.7. The standard InChI is InChI=1S/C27H25N3O4S/c1-3-16(2)18-6-10-22-21(14-18)29-26(34-22)17-4-8-20(9-5-17)28-27(35)30-25(31)19-7-11-23-24(15-19)33-13-12-32-23/h4-11,14-16H,3,12-13H2,1-2H3,(H2,28,30,31,35)/t16-/m0/s1. The summed E-state index contributed by atoms with van der Waals surface area (Å²) < 4.78 is 17.0. The Hall–Kier alpha value is -3.91. The number of rotatable bonds is 5. The first-order valence-electron chi connectivity index (χ1n) is 11.5. The first-order chi connectivity index (χ1) is 17.0. The zero-order valence-electron chi connectivity index (χ0n) is 19.5. The number of benzene rings is 3. The minimum Gasteiger partial charge on any atom is -0.486 e. The van der Waals surface area contributed by atoms with Crippen LogP contribution < -0.4 is 20.1 Å². The number of aromatic nitrogens is 1. The molecule has 0 saturated carbocycles. The predicted octanol–water partition coefficient (Wildman–Crippen LogP) is 5.91. The van der Waals surface area contributed by atoms with E-state index in [2.05, 4.69) is 41.6 Å². The highest BCUT2D eigenvalue weighted by atomic mass is 32.1. The van der Waals surface area contributed by atoms with Crippen molar-refractivity contribution in [2.24, 2.45) is 0 Å². The Morgan fingerprint density at radius 2 is 1.80 bits per heavy atom. The molecule has 178 valence electrons. The van der Waals surface area contributed by atoms with Crippen molar-refractivity contribution in [2.45, 2.75) is 26.2 Å². The van der Waals surface area contributed by atoms with E-state index in [1.165, 1.54) is 5.56 Å². The molecular formula is C27H25N3O4S. The van der Waals surface area contributed by atoms with Crippen molar-refractivity contribution in [3.63, 3.8) is 0 Å². The lowest BCUT2D eigenvalue weighted by molar-refractivity contribution is 0.0976. The van der Waals surface area contributed by atoms with Crippen LogP contribution in [0.2, 0.25) is 0 Å². The lowest BCUT2D eigenvalue weighted by Gasteiger charge is -2.18. The van der Waals surface area contributed by atoms with Crippen LogP contribution in [0, 0.1) is 0 Å². The summed E-state index contributed by atoms with van der Waals surface area (Å²) >= 11 is 5.32. The number of nitrogens with one attached hydrogen (secondary N) is 2. The first-order valence-corrected chi connectivity index (χ1v) is 11.9. The molecule has 1 amide bonds. The molecule has 2 N–H and O–H groups in total. The van der Waals surface area contributed by atoms with Gasteiger partial charge in [0.15, 0.2) is 22.2 Å². The van der Waals surface area contributed by atoms with Gasteiger partial charge >= 0.3 is 0 Å². The third-order valence-corrected chi connectivity index (χ3v) is 6.22. The highest BCUT2D eigenvalue weighted by Gasteiger charge is 2.16. The predicted molar refractivity (Wildman–Crippen MR) is 139 cm³/mol. The van der Waals surface area contributed by atoms with Crippen LogP contribution in [0.25, 0.3) is 22.6 Å². The van der Waals surface area contributed by atoms with Gasteiger partial charge < -0.3 is 19.2 Å². The Morgan fingerprint density at radius 3 is 2.57 bits per heavy atom. The van der Waals surface area contributed by atoms with Crippen LogP contribution in [-0.2, 0) is 0 Å². The number of oxazole rings is 1. The number of fused-ring (bicyclic) bond motifs is 2. The van der Waals surface area contributed by atoms with E-state index in [1.807, 2.05) is 30.3 Å². The summed E-state index contributed by atoms with van der Waals surface area (Å²) in [5, 5.41) is 5.91. The van der Waals surface area contributed by atoms with Gasteiger partial charge in [-0.25, -0.2) is 4.98 Å². The van der Waals surface area contributed by atoms with Crippen LogP contribution >= 0.6 is 12.2 Å². The third kappa shape index (κ3) is 4.97. The Balaban J connectivity index is 1.23. The van der Waals surface area contributed by atoms with E-state index in [0.717, 1.165) is 28.8 Å². The lowest BCUT2D eigenvalue weighted by atomic mass is 9.98. The van der Waals surface area contributed by atoms with Crippen molar-refractivity contribution in [3.8, 4) is 23.0 Å². The van der Waals surface area contributed by atoms with Crippen LogP contribution in [0.3, 0.4) is 0 Å². The van der Waals surface area contributed by atoms with Crippen molar-refractivity contribution in [1.29, 1.82) is 0 Å². The molecule has 1 aliphatic heterocycles. The molecule has 0 fully saturated rings. The smallest absolute Gasteiger partial charge is 0.257 e. The molecule has 0 aliphatic carbocycles. The number of nitrogens with zero attached hydrogens (tertiary/aromatic N) is 1. The Labute approximate surface area is 208 Å². The lowest BCUT2D eigenvalue weighted by Crippen LogP contribution is -2.34. The monoisotopic (exact) mass is 487 g/mol. The molecule has 0 spiro atoms. The zero-order chi connectivity index (χ0) is 24.4. The van der Waals surface area contributed by atoms with E-state index in [-0.39, 0.29) is 11.0 Å². The number of hydrogen-bond acceptors (Lipinski definition) is 6. The number of carbonyl (C=O) groups excluding carboxylic acids is 1. The van der Waals surface area contributed by atoms with Crippen LogP contribution in [0.1, 0.15) is 42.1 Å². The molecular weight excluding hydrogens is 462 g/mol.